The summed E-state index contributed by atoms with van der Waals surface area (Å²) < 4.78 is 5.90. The van der Waals surface area contributed by atoms with E-state index in [0.717, 1.165) is 22.6 Å². The fraction of sp³-hybridized carbons (Fsp3) is 0.304. The van der Waals surface area contributed by atoms with Crippen molar-refractivity contribution in [2.24, 2.45) is 0 Å². The molecule has 152 valence electrons. The number of rotatable bonds is 8. The fourth-order valence-corrected chi connectivity index (χ4v) is 3.24. The molecule has 1 unspecified atom stereocenters. The SMILES string of the molecule is C=C(C)CNC(=O)CC1C(=O)NCCN1Cc1cccc(Oc2ccccc2)c1. The number of amides is 2. The number of hydrogen-bond donors (Lipinski definition) is 2. The van der Waals surface area contributed by atoms with E-state index in [0.29, 0.717) is 26.2 Å². The quantitative estimate of drug-likeness (QED) is 0.677. The smallest absolute Gasteiger partial charge is 0.237 e. The van der Waals surface area contributed by atoms with E-state index >= 15 is 0 Å². The molecule has 0 bridgehead atoms. The molecule has 2 amide bonds. The van der Waals surface area contributed by atoms with Crippen molar-refractivity contribution in [3.05, 3.63) is 72.3 Å². The molecule has 0 aromatic heterocycles. The maximum Gasteiger partial charge on any atom is 0.237 e. The third kappa shape index (κ3) is 6.19. The molecule has 6 heteroatoms. The first kappa shape index (κ1) is 20.6. The summed E-state index contributed by atoms with van der Waals surface area (Å²) in [6.45, 7) is 7.88. The number of hydrogen-bond acceptors (Lipinski definition) is 4. The molecule has 1 saturated heterocycles. The zero-order valence-corrected chi connectivity index (χ0v) is 16.7. The lowest BCUT2D eigenvalue weighted by molar-refractivity contribution is -0.134. The summed E-state index contributed by atoms with van der Waals surface area (Å²) in [5, 5.41) is 5.66. The van der Waals surface area contributed by atoms with Crippen LogP contribution in [0.1, 0.15) is 18.9 Å². The second-order valence-electron chi connectivity index (χ2n) is 7.28. The standard InChI is InChI=1S/C23H27N3O3/c1-17(2)15-25-22(27)14-21-23(28)24-11-12-26(21)16-18-7-6-10-20(13-18)29-19-8-4-3-5-9-19/h3-10,13,21H,1,11-12,14-16H2,2H3,(H,24,28)(H,25,27). The van der Waals surface area contributed by atoms with Gasteiger partial charge in [-0.3, -0.25) is 14.5 Å². The largest absolute Gasteiger partial charge is 0.457 e. The number of nitrogens with one attached hydrogen (secondary N) is 2. The van der Waals surface area contributed by atoms with Crippen LogP contribution in [0.25, 0.3) is 0 Å². The summed E-state index contributed by atoms with van der Waals surface area (Å²) in [7, 11) is 0. The third-order valence-corrected chi connectivity index (χ3v) is 4.67. The number of nitrogens with zero attached hydrogens (tertiary/aromatic N) is 1. The Morgan fingerprint density at radius 2 is 1.97 bits per heavy atom. The molecule has 2 aromatic carbocycles. The maximum absolute atomic E-state index is 12.4. The lowest BCUT2D eigenvalue weighted by atomic mass is 10.1. The summed E-state index contributed by atoms with van der Waals surface area (Å²) in [4.78, 5) is 26.7. The molecular weight excluding hydrogens is 366 g/mol. The number of piperazine rings is 1. The Labute approximate surface area is 171 Å². The number of benzene rings is 2. The van der Waals surface area contributed by atoms with E-state index in [1.807, 2.05) is 66.4 Å². The molecule has 29 heavy (non-hydrogen) atoms. The second kappa shape index (κ2) is 9.89. The summed E-state index contributed by atoms with van der Waals surface area (Å²) in [5.41, 5.74) is 1.90. The van der Waals surface area contributed by atoms with Crippen LogP contribution < -0.4 is 15.4 Å². The Bertz CT molecular complexity index is 867. The van der Waals surface area contributed by atoms with Crippen molar-refractivity contribution >= 4 is 11.8 Å². The fourth-order valence-electron chi connectivity index (χ4n) is 3.24. The van der Waals surface area contributed by atoms with E-state index in [9.17, 15) is 9.59 Å². The van der Waals surface area contributed by atoms with Crippen LogP contribution in [-0.4, -0.2) is 42.4 Å². The highest BCUT2D eigenvalue weighted by molar-refractivity contribution is 5.88. The van der Waals surface area contributed by atoms with Gasteiger partial charge in [0.2, 0.25) is 11.8 Å². The molecule has 1 atom stereocenters. The minimum Gasteiger partial charge on any atom is -0.457 e. The first-order valence-electron chi connectivity index (χ1n) is 9.76. The van der Waals surface area contributed by atoms with Crippen LogP contribution in [-0.2, 0) is 16.1 Å². The van der Waals surface area contributed by atoms with Crippen LogP contribution in [0.2, 0.25) is 0 Å². The predicted molar refractivity (Wildman–Crippen MR) is 113 cm³/mol. The van der Waals surface area contributed by atoms with Crippen molar-refractivity contribution < 1.29 is 14.3 Å². The van der Waals surface area contributed by atoms with E-state index < -0.39 is 6.04 Å². The molecule has 2 N–H and O–H groups in total. The van der Waals surface area contributed by atoms with Crippen molar-refractivity contribution in [1.82, 2.24) is 15.5 Å². The number of ether oxygens (including phenoxy) is 1. The molecule has 6 nitrogen and oxygen atoms in total. The number of carbonyl (C=O) groups is 2. The normalized spacial score (nSPS) is 16.7. The van der Waals surface area contributed by atoms with Gasteiger partial charge >= 0.3 is 0 Å². The molecule has 1 aliphatic heterocycles. The van der Waals surface area contributed by atoms with E-state index in [1.165, 1.54) is 0 Å². The van der Waals surface area contributed by atoms with Crippen LogP contribution in [0.3, 0.4) is 0 Å². The molecule has 2 aromatic rings. The van der Waals surface area contributed by atoms with Crippen molar-refractivity contribution in [3.63, 3.8) is 0 Å². The Hall–Kier alpha value is -3.12. The van der Waals surface area contributed by atoms with E-state index in [2.05, 4.69) is 17.2 Å². The van der Waals surface area contributed by atoms with Crippen molar-refractivity contribution in [1.29, 1.82) is 0 Å². The summed E-state index contributed by atoms with van der Waals surface area (Å²) in [6.07, 6.45) is 0.124. The maximum atomic E-state index is 12.4. The topological polar surface area (TPSA) is 70.7 Å². The van der Waals surface area contributed by atoms with Crippen LogP contribution in [0, 0.1) is 0 Å². The average Bonchev–Trinajstić information content (AvgIpc) is 2.70. The van der Waals surface area contributed by atoms with Crippen molar-refractivity contribution in [2.75, 3.05) is 19.6 Å². The molecule has 1 heterocycles. The highest BCUT2D eigenvalue weighted by atomic mass is 16.5. The Kier molecular flexibility index (Phi) is 7.03. The molecule has 0 radical (unpaired) electrons. The van der Waals surface area contributed by atoms with Crippen LogP contribution in [0.15, 0.2) is 66.7 Å². The van der Waals surface area contributed by atoms with Crippen LogP contribution in [0.5, 0.6) is 11.5 Å². The minimum atomic E-state index is -0.493. The van der Waals surface area contributed by atoms with Gasteiger partial charge in [-0.25, -0.2) is 0 Å². The molecule has 3 rings (SSSR count). The monoisotopic (exact) mass is 393 g/mol. The van der Waals surface area contributed by atoms with Gasteiger partial charge in [0.05, 0.1) is 12.5 Å². The first-order valence-corrected chi connectivity index (χ1v) is 9.76. The molecule has 0 spiro atoms. The Morgan fingerprint density at radius 3 is 2.72 bits per heavy atom. The molecule has 0 aliphatic carbocycles. The van der Waals surface area contributed by atoms with Crippen LogP contribution >= 0.6 is 0 Å². The molecule has 0 saturated carbocycles. The average molecular weight is 393 g/mol. The zero-order valence-electron chi connectivity index (χ0n) is 16.7. The third-order valence-electron chi connectivity index (χ3n) is 4.67. The van der Waals surface area contributed by atoms with Gasteiger partial charge in [0.1, 0.15) is 11.5 Å². The predicted octanol–water partition coefficient (Wildman–Crippen LogP) is 2.86. The highest BCUT2D eigenvalue weighted by Gasteiger charge is 2.31. The van der Waals surface area contributed by atoms with Gasteiger partial charge < -0.3 is 15.4 Å². The number of carbonyl (C=O) groups excluding carboxylic acids is 2. The minimum absolute atomic E-state index is 0.113. The van der Waals surface area contributed by atoms with E-state index in [1.54, 1.807) is 0 Å². The first-order chi connectivity index (χ1) is 14.0. The summed E-state index contributed by atoms with van der Waals surface area (Å²) in [5.74, 6) is 1.25. The van der Waals surface area contributed by atoms with E-state index in [4.69, 9.17) is 4.74 Å². The van der Waals surface area contributed by atoms with Gasteiger partial charge in [-0.15, -0.1) is 0 Å². The van der Waals surface area contributed by atoms with Gasteiger partial charge in [-0.05, 0) is 36.8 Å². The number of para-hydroxylation sites is 1. The van der Waals surface area contributed by atoms with Gasteiger partial charge in [-0.2, -0.15) is 0 Å². The van der Waals surface area contributed by atoms with Gasteiger partial charge in [-0.1, -0.05) is 42.5 Å². The lowest BCUT2D eigenvalue weighted by Gasteiger charge is -2.34. The van der Waals surface area contributed by atoms with Crippen LogP contribution in [0.4, 0.5) is 0 Å². The Balaban J connectivity index is 1.66. The summed E-state index contributed by atoms with van der Waals surface area (Å²) in [6, 6.07) is 16.9. The lowest BCUT2D eigenvalue weighted by Crippen LogP contribution is -2.56. The second-order valence-corrected chi connectivity index (χ2v) is 7.28. The van der Waals surface area contributed by atoms with E-state index in [-0.39, 0.29) is 18.2 Å². The van der Waals surface area contributed by atoms with Gasteiger partial charge in [0.25, 0.3) is 0 Å². The molecule has 1 fully saturated rings. The molecular formula is C23H27N3O3. The molecule has 1 aliphatic rings. The highest BCUT2D eigenvalue weighted by Crippen LogP contribution is 2.23. The van der Waals surface area contributed by atoms with Crippen molar-refractivity contribution in [3.8, 4) is 11.5 Å². The van der Waals surface area contributed by atoms with Gasteiger partial charge in [0, 0.05) is 26.2 Å². The van der Waals surface area contributed by atoms with Crippen molar-refractivity contribution in [2.45, 2.75) is 25.9 Å². The summed E-state index contributed by atoms with van der Waals surface area (Å²) >= 11 is 0. The Morgan fingerprint density at radius 1 is 1.21 bits per heavy atom. The zero-order chi connectivity index (χ0) is 20.6. The van der Waals surface area contributed by atoms with Gasteiger partial charge in [0.15, 0.2) is 0 Å².